The van der Waals surface area contributed by atoms with Crippen molar-refractivity contribution in [3.8, 4) is 0 Å². The van der Waals surface area contributed by atoms with E-state index in [4.69, 9.17) is 9.79 Å². The van der Waals surface area contributed by atoms with Crippen molar-refractivity contribution in [2.75, 3.05) is 5.75 Å². The van der Waals surface area contributed by atoms with Gasteiger partial charge in [-0.2, -0.15) is 12.4 Å². The fourth-order valence-electron chi connectivity index (χ4n) is 0.891. The second-order valence-corrected chi connectivity index (χ2v) is 5.99. The van der Waals surface area contributed by atoms with Gasteiger partial charge >= 0.3 is 66.9 Å². The third kappa shape index (κ3) is 20.5. The Hall–Kier alpha value is 2.02. The molecule has 0 heterocycles. The monoisotopic (exact) mass is 312 g/mol. The van der Waals surface area contributed by atoms with Gasteiger partial charge in [0.15, 0.2) is 0 Å². The number of phosphoric acid groups is 1. The van der Waals surface area contributed by atoms with Crippen LogP contribution in [0.4, 0.5) is 0 Å². The summed E-state index contributed by atoms with van der Waals surface area (Å²) in [4.78, 5) is 16.5. The fourth-order valence-corrected chi connectivity index (χ4v) is 2.93. The molecule has 0 aliphatic rings. The molecule has 0 aliphatic heterocycles. The van der Waals surface area contributed by atoms with Gasteiger partial charge in [0.2, 0.25) is 0 Å². The summed E-state index contributed by atoms with van der Waals surface area (Å²) in [6.07, 6.45) is 2.92. The van der Waals surface area contributed by atoms with Crippen LogP contribution in [0.3, 0.4) is 0 Å². The van der Waals surface area contributed by atoms with E-state index in [-0.39, 0.29) is 70.3 Å². The van der Waals surface area contributed by atoms with Crippen LogP contribution >= 0.6 is 7.82 Å². The summed E-state index contributed by atoms with van der Waals surface area (Å²) < 4.78 is 35.7. The van der Waals surface area contributed by atoms with E-state index in [2.05, 4.69) is 3.97 Å². The maximum absolute atomic E-state index is 10.9. The van der Waals surface area contributed by atoms with Crippen LogP contribution in [0.15, 0.2) is 0 Å². The van der Waals surface area contributed by atoms with Crippen molar-refractivity contribution in [1.29, 1.82) is 0 Å². The predicted molar refractivity (Wildman–Crippen MR) is 69.0 cm³/mol. The van der Waals surface area contributed by atoms with Gasteiger partial charge in [-0.3, -0.25) is 0 Å². The van der Waals surface area contributed by atoms with Crippen LogP contribution < -0.4 is 0 Å². The predicted octanol–water partition coefficient (Wildman–Crippen LogP) is -1.12. The third-order valence-corrected chi connectivity index (χ3v) is 3.93. The molecule has 0 amide bonds. The molecule has 0 aromatic rings. The molecular weight excluding hydrogens is 293 g/mol. The molecule has 0 spiro atoms. The summed E-state index contributed by atoms with van der Waals surface area (Å²) >= 11 is 0. The quantitative estimate of drug-likeness (QED) is 0.348. The molecule has 0 saturated heterocycles. The SMILES string of the molecule is CCCCCCS(=O)(=O)OP(=O)(O)O.O.[NaH].[NaH]. The first kappa shape index (κ1) is 27.4. The molecule has 4 N–H and O–H groups in total. The van der Waals surface area contributed by atoms with Crippen LogP contribution in [-0.2, 0) is 18.7 Å². The molecule has 0 atom stereocenters. The molecule has 0 aromatic carbocycles. The summed E-state index contributed by atoms with van der Waals surface area (Å²) in [5, 5.41) is 0. The van der Waals surface area contributed by atoms with Gasteiger partial charge in [-0.05, 0) is 6.42 Å². The summed E-state index contributed by atoms with van der Waals surface area (Å²) in [5.41, 5.74) is 0. The van der Waals surface area contributed by atoms with Crippen molar-refractivity contribution >= 4 is 77.1 Å². The fraction of sp³-hybridized carbons (Fsp3) is 1.00. The normalized spacial score (nSPS) is 10.8. The van der Waals surface area contributed by atoms with Crippen molar-refractivity contribution in [2.24, 2.45) is 0 Å². The van der Waals surface area contributed by atoms with Crippen LogP contribution in [-0.4, -0.2) is 88.5 Å². The van der Waals surface area contributed by atoms with Gasteiger partial charge in [0, 0.05) is 0 Å². The van der Waals surface area contributed by atoms with Gasteiger partial charge in [-0.1, -0.05) is 26.2 Å². The zero-order valence-corrected chi connectivity index (χ0v) is 10.1. The molecule has 17 heavy (non-hydrogen) atoms. The molecule has 7 nitrogen and oxygen atoms in total. The second kappa shape index (κ2) is 13.0. The zero-order valence-electron chi connectivity index (χ0n) is 8.42. The Morgan fingerprint density at radius 2 is 1.59 bits per heavy atom. The number of hydrogen-bond acceptors (Lipinski definition) is 4. The standard InChI is InChI=1S/C6H15O6PS.2Na.H2O.2H/c1-2-3-4-5-6-14(10,11)12-13(7,8)9;;;;;/h2-6H2,1H3,(H2,7,8,9);;;1H2;;. The molecular formula is C6H19Na2O7PS. The summed E-state index contributed by atoms with van der Waals surface area (Å²) in [6, 6.07) is 0. The molecule has 0 aliphatic carbocycles. The van der Waals surface area contributed by atoms with E-state index >= 15 is 0 Å². The third-order valence-electron chi connectivity index (χ3n) is 1.46. The Balaban J connectivity index is -0.000000282. The van der Waals surface area contributed by atoms with Gasteiger partial charge < -0.3 is 15.3 Å². The number of hydrogen-bond donors (Lipinski definition) is 2. The number of unbranched alkanes of at least 4 members (excludes halogenated alkanes) is 3. The maximum atomic E-state index is 10.9. The molecule has 0 aromatic heterocycles. The van der Waals surface area contributed by atoms with Crippen LogP contribution in [0.5, 0.6) is 0 Å². The van der Waals surface area contributed by atoms with E-state index < -0.39 is 17.9 Å². The number of rotatable bonds is 7. The van der Waals surface area contributed by atoms with E-state index in [1.165, 1.54) is 0 Å². The summed E-state index contributed by atoms with van der Waals surface area (Å²) in [5.74, 6) is -0.349. The Bertz CT molecular complexity index is 301. The van der Waals surface area contributed by atoms with E-state index in [9.17, 15) is 13.0 Å². The first-order valence-corrected chi connectivity index (χ1v) is 7.37. The molecule has 0 bridgehead atoms. The van der Waals surface area contributed by atoms with Crippen LogP contribution in [0.1, 0.15) is 32.6 Å². The van der Waals surface area contributed by atoms with E-state index in [0.717, 1.165) is 12.8 Å². The van der Waals surface area contributed by atoms with Gasteiger partial charge in [0.25, 0.3) is 10.1 Å². The van der Waals surface area contributed by atoms with Gasteiger partial charge in [-0.15, -0.1) is 0 Å². The minimum atomic E-state index is -4.93. The van der Waals surface area contributed by atoms with Crippen molar-refractivity contribution in [3.05, 3.63) is 0 Å². The van der Waals surface area contributed by atoms with E-state index in [0.29, 0.717) is 12.8 Å². The van der Waals surface area contributed by atoms with Crippen molar-refractivity contribution in [2.45, 2.75) is 32.6 Å². The van der Waals surface area contributed by atoms with Crippen LogP contribution in [0, 0.1) is 0 Å². The molecule has 11 heteroatoms. The minimum absolute atomic E-state index is 0. The van der Waals surface area contributed by atoms with Crippen molar-refractivity contribution in [3.63, 3.8) is 0 Å². The Labute approximate surface area is 146 Å². The van der Waals surface area contributed by atoms with Crippen molar-refractivity contribution < 1.29 is 32.2 Å². The molecule has 0 saturated carbocycles. The Morgan fingerprint density at radius 1 is 1.12 bits per heavy atom. The topological polar surface area (TPSA) is 132 Å². The van der Waals surface area contributed by atoms with E-state index in [1.54, 1.807) is 0 Å². The average Bonchev–Trinajstić information content (AvgIpc) is 1.93. The molecule has 0 fully saturated rings. The first-order chi connectivity index (χ1) is 6.27. The molecule has 0 radical (unpaired) electrons. The Morgan fingerprint density at radius 3 is 1.94 bits per heavy atom. The van der Waals surface area contributed by atoms with Crippen LogP contribution in [0.25, 0.3) is 0 Å². The average molecular weight is 312 g/mol. The first-order valence-electron chi connectivity index (χ1n) is 4.26. The Kier molecular flexibility index (Phi) is 21.0. The zero-order chi connectivity index (χ0) is 11.2. The van der Waals surface area contributed by atoms with Crippen molar-refractivity contribution in [1.82, 2.24) is 0 Å². The molecule has 0 rings (SSSR count). The van der Waals surface area contributed by atoms with Crippen LogP contribution in [0.2, 0.25) is 0 Å². The van der Waals surface area contributed by atoms with Gasteiger partial charge in [0.05, 0.1) is 5.75 Å². The summed E-state index contributed by atoms with van der Waals surface area (Å²) in [7, 11) is -9.01. The molecule has 98 valence electrons. The van der Waals surface area contributed by atoms with E-state index in [1.807, 2.05) is 6.92 Å². The van der Waals surface area contributed by atoms with Gasteiger partial charge in [0.1, 0.15) is 0 Å². The van der Waals surface area contributed by atoms with Gasteiger partial charge in [-0.25, -0.2) is 4.57 Å². The summed E-state index contributed by atoms with van der Waals surface area (Å²) in [6.45, 7) is 1.97. The second-order valence-electron chi connectivity index (χ2n) is 2.89. The molecule has 0 unspecified atom stereocenters.